The minimum Gasteiger partial charge on any atom is -0.480 e. The molecule has 0 bridgehead atoms. The lowest BCUT2D eigenvalue weighted by Crippen LogP contribution is -2.38. The van der Waals surface area contributed by atoms with Gasteiger partial charge in [-0.05, 0) is 23.6 Å². The first-order valence-electron chi connectivity index (χ1n) is 10.0. The van der Waals surface area contributed by atoms with Crippen LogP contribution in [0.1, 0.15) is 22.5 Å². The van der Waals surface area contributed by atoms with Gasteiger partial charge in [-0.25, -0.2) is 9.97 Å². The van der Waals surface area contributed by atoms with Crippen LogP contribution in [0.2, 0.25) is 0 Å². The highest BCUT2D eigenvalue weighted by Crippen LogP contribution is 2.19. The van der Waals surface area contributed by atoms with Gasteiger partial charge in [-0.1, -0.05) is 48.5 Å². The van der Waals surface area contributed by atoms with Crippen LogP contribution < -0.4 is 5.32 Å². The number of rotatable bonds is 9. The maximum atomic E-state index is 11.8. The largest absolute Gasteiger partial charge is 0.480 e. The number of hydrogen-bond acceptors (Lipinski definition) is 4. The van der Waals surface area contributed by atoms with E-state index in [0.29, 0.717) is 13.0 Å². The van der Waals surface area contributed by atoms with Gasteiger partial charge in [0.2, 0.25) is 0 Å². The summed E-state index contributed by atoms with van der Waals surface area (Å²) in [5, 5.41) is 13.8. The van der Waals surface area contributed by atoms with Crippen LogP contribution in [0, 0.1) is 0 Å². The van der Waals surface area contributed by atoms with Crippen molar-refractivity contribution in [3.8, 4) is 0 Å². The highest BCUT2D eigenvalue weighted by molar-refractivity contribution is 5.84. The van der Waals surface area contributed by atoms with Gasteiger partial charge < -0.3 is 10.1 Å². The summed E-state index contributed by atoms with van der Waals surface area (Å²) in [4.78, 5) is 23.8. The summed E-state index contributed by atoms with van der Waals surface area (Å²) >= 11 is 0. The predicted octanol–water partition coefficient (Wildman–Crippen LogP) is 3.53. The lowest BCUT2D eigenvalue weighted by molar-refractivity contribution is -0.139. The number of aryl methyl sites for hydroxylation is 2. The predicted molar refractivity (Wildman–Crippen MR) is 116 cm³/mol. The Hall–Kier alpha value is -3.51. The molecular weight excluding hydrogens is 376 g/mol. The first-order valence-corrected chi connectivity index (χ1v) is 10.0. The summed E-state index contributed by atoms with van der Waals surface area (Å²) < 4.78 is 0. The molecule has 0 aliphatic rings. The Morgan fingerprint density at radius 2 is 1.70 bits per heavy atom. The molecule has 2 aromatic carbocycles. The van der Waals surface area contributed by atoms with Crippen molar-refractivity contribution in [2.24, 2.45) is 0 Å². The number of aliphatic carboxylic acids is 1. The van der Waals surface area contributed by atoms with E-state index >= 15 is 0 Å². The van der Waals surface area contributed by atoms with Crippen molar-refractivity contribution in [2.75, 3.05) is 0 Å². The van der Waals surface area contributed by atoms with Crippen molar-refractivity contribution in [2.45, 2.75) is 31.8 Å². The molecule has 3 N–H and O–H groups in total. The molecule has 4 rings (SSSR count). The molecular formula is C24H24N4O2. The van der Waals surface area contributed by atoms with Gasteiger partial charge in [0, 0.05) is 54.4 Å². The third-order valence-electron chi connectivity index (χ3n) is 5.19. The third kappa shape index (κ3) is 4.90. The van der Waals surface area contributed by atoms with E-state index in [1.54, 1.807) is 12.4 Å². The van der Waals surface area contributed by atoms with Gasteiger partial charge in [0.05, 0.1) is 0 Å². The smallest absolute Gasteiger partial charge is 0.321 e. The maximum Gasteiger partial charge on any atom is 0.321 e. The van der Waals surface area contributed by atoms with E-state index in [1.165, 1.54) is 5.56 Å². The summed E-state index contributed by atoms with van der Waals surface area (Å²) in [6.07, 6.45) is 7.48. The van der Waals surface area contributed by atoms with Crippen molar-refractivity contribution in [3.05, 3.63) is 95.7 Å². The monoisotopic (exact) mass is 400 g/mol. The third-order valence-corrected chi connectivity index (χ3v) is 5.19. The van der Waals surface area contributed by atoms with Crippen LogP contribution in [0.3, 0.4) is 0 Å². The van der Waals surface area contributed by atoms with Gasteiger partial charge >= 0.3 is 5.97 Å². The quantitative estimate of drug-likeness (QED) is 0.400. The lowest BCUT2D eigenvalue weighted by Gasteiger charge is -2.14. The number of para-hydroxylation sites is 1. The van der Waals surface area contributed by atoms with E-state index < -0.39 is 12.0 Å². The second-order valence-electron chi connectivity index (χ2n) is 7.33. The molecule has 0 fully saturated rings. The van der Waals surface area contributed by atoms with Crippen molar-refractivity contribution >= 4 is 16.9 Å². The molecule has 2 aromatic heterocycles. The van der Waals surface area contributed by atoms with Gasteiger partial charge in [-0.2, -0.15) is 0 Å². The number of fused-ring (bicyclic) bond motifs is 1. The molecule has 2 heterocycles. The number of hydrogen-bond donors (Lipinski definition) is 3. The normalized spacial score (nSPS) is 12.1. The highest BCUT2D eigenvalue weighted by Gasteiger charge is 2.19. The number of aromatic amines is 1. The fourth-order valence-electron chi connectivity index (χ4n) is 3.51. The first-order chi connectivity index (χ1) is 14.7. The molecule has 0 spiro atoms. The number of nitrogens with one attached hydrogen (secondary N) is 2. The zero-order valence-electron chi connectivity index (χ0n) is 16.6. The standard InChI is InChI=1S/C24H24N4O2/c29-24(30)22(12-19-16-26-21-9-5-4-8-20(19)21)25-13-18-14-27-23(28-15-18)11-10-17-6-2-1-3-7-17/h1-9,14-16,22,25-26H,10-13H2,(H,29,30)/t22-/m1/s1. The number of nitrogens with zero attached hydrogens (tertiary/aromatic N) is 2. The minimum atomic E-state index is -0.874. The SMILES string of the molecule is O=C(O)[C@@H](Cc1c[nH]c2ccccc12)NCc1cnc(CCc2ccccc2)nc1. The molecule has 6 heteroatoms. The molecule has 4 aromatic rings. The molecule has 0 radical (unpaired) electrons. The number of aromatic nitrogens is 3. The molecule has 0 saturated carbocycles. The van der Waals surface area contributed by atoms with Crippen molar-refractivity contribution in [3.63, 3.8) is 0 Å². The Morgan fingerprint density at radius 1 is 0.967 bits per heavy atom. The second-order valence-corrected chi connectivity index (χ2v) is 7.33. The number of benzene rings is 2. The summed E-state index contributed by atoms with van der Waals surface area (Å²) in [7, 11) is 0. The second kappa shape index (κ2) is 9.33. The van der Waals surface area contributed by atoms with Gasteiger partial charge in [-0.3, -0.25) is 10.1 Å². The van der Waals surface area contributed by atoms with E-state index in [1.807, 2.05) is 48.7 Å². The molecule has 0 aliphatic heterocycles. The Kier molecular flexibility index (Phi) is 6.15. The molecule has 30 heavy (non-hydrogen) atoms. The number of carboxylic acids is 1. The van der Waals surface area contributed by atoms with Crippen LogP contribution in [-0.4, -0.2) is 32.1 Å². The average molecular weight is 400 g/mol. The van der Waals surface area contributed by atoms with Gasteiger partial charge in [-0.15, -0.1) is 0 Å². The van der Waals surface area contributed by atoms with E-state index in [9.17, 15) is 9.90 Å². The first kappa shape index (κ1) is 19.8. The van der Waals surface area contributed by atoms with Crippen LogP contribution in [0.15, 0.2) is 73.2 Å². The molecule has 1 atom stereocenters. The summed E-state index contributed by atoms with van der Waals surface area (Å²) in [5.41, 5.74) is 4.12. The zero-order valence-corrected chi connectivity index (χ0v) is 16.6. The van der Waals surface area contributed by atoms with E-state index in [2.05, 4.69) is 32.4 Å². The number of carbonyl (C=O) groups is 1. The Labute approximate surface area is 175 Å². The fraction of sp³-hybridized carbons (Fsp3) is 0.208. The summed E-state index contributed by atoms with van der Waals surface area (Å²) in [5.74, 6) is -0.0862. The topological polar surface area (TPSA) is 90.9 Å². The molecule has 6 nitrogen and oxygen atoms in total. The molecule has 0 amide bonds. The Balaban J connectivity index is 1.34. The molecule has 0 unspecified atom stereocenters. The summed E-state index contributed by atoms with van der Waals surface area (Å²) in [6, 6.07) is 17.5. The van der Waals surface area contributed by atoms with Crippen LogP contribution in [0.5, 0.6) is 0 Å². The Morgan fingerprint density at radius 3 is 2.47 bits per heavy atom. The number of carboxylic acid groups (broad SMARTS) is 1. The lowest BCUT2D eigenvalue weighted by atomic mass is 10.0. The van der Waals surface area contributed by atoms with E-state index in [-0.39, 0.29) is 0 Å². The van der Waals surface area contributed by atoms with E-state index in [0.717, 1.165) is 40.7 Å². The minimum absolute atomic E-state index is 0.398. The Bertz CT molecular complexity index is 1110. The zero-order chi connectivity index (χ0) is 20.8. The van der Waals surface area contributed by atoms with Crippen molar-refractivity contribution in [1.29, 1.82) is 0 Å². The molecule has 152 valence electrons. The average Bonchev–Trinajstić information content (AvgIpc) is 3.19. The van der Waals surface area contributed by atoms with Gasteiger partial charge in [0.15, 0.2) is 0 Å². The maximum absolute atomic E-state index is 11.8. The van der Waals surface area contributed by atoms with Crippen LogP contribution in [0.4, 0.5) is 0 Å². The highest BCUT2D eigenvalue weighted by atomic mass is 16.4. The van der Waals surface area contributed by atoms with Gasteiger partial charge in [0.1, 0.15) is 11.9 Å². The molecule has 0 saturated heterocycles. The van der Waals surface area contributed by atoms with E-state index in [4.69, 9.17) is 0 Å². The summed E-state index contributed by atoms with van der Waals surface area (Å²) in [6.45, 7) is 0.401. The molecule has 0 aliphatic carbocycles. The van der Waals surface area contributed by atoms with Crippen LogP contribution in [-0.2, 0) is 30.6 Å². The van der Waals surface area contributed by atoms with Crippen molar-refractivity contribution < 1.29 is 9.90 Å². The fourth-order valence-corrected chi connectivity index (χ4v) is 3.51. The van der Waals surface area contributed by atoms with Crippen molar-refractivity contribution in [1.82, 2.24) is 20.3 Å². The van der Waals surface area contributed by atoms with Gasteiger partial charge in [0.25, 0.3) is 0 Å². The van der Waals surface area contributed by atoms with Crippen LogP contribution >= 0.6 is 0 Å². The number of H-pyrrole nitrogens is 1. The van der Waals surface area contributed by atoms with Crippen LogP contribution in [0.25, 0.3) is 10.9 Å².